The second kappa shape index (κ2) is 4.00. The number of alkyl halides is 3. The molecule has 0 bridgehead atoms. The highest BCUT2D eigenvalue weighted by Gasteiger charge is 2.26. The van der Waals surface area contributed by atoms with E-state index in [4.69, 9.17) is 0 Å². The van der Waals surface area contributed by atoms with Crippen molar-refractivity contribution in [3.63, 3.8) is 0 Å². The van der Waals surface area contributed by atoms with E-state index in [9.17, 15) is 13.2 Å². The predicted molar refractivity (Wildman–Crippen MR) is 56.3 cm³/mol. The van der Waals surface area contributed by atoms with Crippen molar-refractivity contribution in [2.75, 3.05) is 11.9 Å². The third-order valence-electron chi connectivity index (χ3n) is 2.07. The van der Waals surface area contributed by atoms with Gasteiger partial charge in [-0.2, -0.15) is 13.2 Å². The summed E-state index contributed by atoms with van der Waals surface area (Å²) in [6.07, 6.45) is -4.23. The van der Waals surface area contributed by atoms with Crippen LogP contribution in [0.2, 0.25) is 0 Å². The number of fused-ring (bicyclic) bond motifs is 1. The minimum absolute atomic E-state index is 0.232. The van der Waals surface area contributed by atoms with Crippen LogP contribution in [0.25, 0.3) is 10.9 Å². The van der Waals surface area contributed by atoms with Gasteiger partial charge in [-0.1, -0.05) is 18.2 Å². The van der Waals surface area contributed by atoms with Crippen molar-refractivity contribution in [3.05, 3.63) is 36.4 Å². The maximum atomic E-state index is 12.0. The zero-order valence-corrected chi connectivity index (χ0v) is 8.25. The lowest BCUT2D eigenvalue weighted by Crippen LogP contribution is -2.21. The molecular formula is C11H9F3N2. The zero-order valence-electron chi connectivity index (χ0n) is 8.25. The van der Waals surface area contributed by atoms with Gasteiger partial charge in [0.15, 0.2) is 0 Å². The summed E-state index contributed by atoms with van der Waals surface area (Å²) >= 11 is 0. The van der Waals surface area contributed by atoms with Crippen LogP contribution in [0, 0.1) is 0 Å². The Morgan fingerprint density at radius 3 is 2.56 bits per heavy atom. The molecular weight excluding hydrogens is 217 g/mol. The van der Waals surface area contributed by atoms with Crippen LogP contribution in [-0.2, 0) is 0 Å². The minimum Gasteiger partial charge on any atom is -0.361 e. The smallest absolute Gasteiger partial charge is 0.361 e. The first kappa shape index (κ1) is 10.7. The van der Waals surface area contributed by atoms with Gasteiger partial charge in [0, 0.05) is 5.39 Å². The molecule has 1 aromatic heterocycles. The van der Waals surface area contributed by atoms with Crippen LogP contribution in [0.3, 0.4) is 0 Å². The summed E-state index contributed by atoms with van der Waals surface area (Å²) in [6.45, 7) is -1.07. The van der Waals surface area contributed by atoms with Crippen molar-refractivity contribution >= 4 is 16.7 Å². The van der Waals surface area contributed by atoms with E-state index in [-0.39, 0.29) is 5.82 Å². The first-order chi connectivity index (χ1) is 7.54. The fourth-order valence-electron chi connectivity index (χ4n) is 1.36. The summed E-state index contributed by atoms with van der Waals surface area (Å²) < 4.78 is 35.9. The third kappa shape index (κ3) is 2.62. The van der Waals surface area contributed by atoms with E-state index in [1.54, 1.807) is 18.2 Å². The van der Waals surface area contributed by atoms with E-state index in [0.29, 0.717) is 5.52 Å². The molecule has 0 aliphatic rings. The topological polar surface area (TPSA) is 24.9 Å². The average molecular weight is 226 g/mol. The molecule has 0 aliphatic heterocycles. The molecule has 2 aromatic rings. The summed E-state index contributed by atoms with van der Waals surface area (Å²) in [5.74, 6) is 0.232. The van der Waals surface area contributed by atoms with E-state index in [2.05, 4.69) is 10.3 Å². The Balaban J connectivity index is 2.20. The highest BCUT2D eigenvalue weighted by atomic mass is 19.4. The lowest BCUT2D eigenvalue weighted by atomic mass is 10.2. The van der Waals surface area contributed by atoms with Gasteiger partial charge in [-0.15, -0.1) is 0 Å². The summed E-state index contributed by atoms with van der Waals surface area (Å²) in [5.41, 5.74) is 0.676. The van der Waals surface area contributed by atoms with Crippen LogP contribution >= 0.6 is 0 Å². The van der Waals surface area contributed by atoms with Crippen molar-refractivity contribution in [1.82, 2.24) is 4.98 Å². The van der Waals surface area contributed by atoms with E-state index in [1.807, 2.05) is 12.1 Å². The molecule has 0 saturated heterocycles. The zero-order chi connectivity index (χ0) is 11.6. The first-order valence-electron chi connectivity index (χ1n) is 4.71. The van der Waals surface area contributed by atoms with Crippen LogP contribution in [-0.4, -0.2) is 17.7 Å². The average Bonchev–Trinajstić information content (AvgIpc) is 2.25. The van der Waals surface area contributed by atoms with Crippen molar-refractivity contribution in [3.8, 4) is 0 Å². The summed E-state index contributed by atoms with van der Waals surface area (Å²) in [5, 5.41) is 3.14. The van der Waals surface area contributed by atoms with E-state index in [0.717, 1.165) is 5.39 Å². The van der Waals surface area contributed by atoms with E-state index in [1.165, 1.54) is 6.07 Å². The summed E-state index contributed by atoms with van der Waals surface area (Å²) in [7, 11) is 0. The maximum Gasteiger partial charge on any atom is 0.405 e. The number of aromatic nitrogens is 1. The number of hydrogen-bond acceptors (Lipinski definition) is 2. The minimum atomic E-state index is -4.23. The number of benzene rings is 1. The molecule has 0 fully saturated rings. The molecule has 1 N–H and O–H groups in total. The summed E-state index contributed by atoms with van der Waals surface area (Å²) in [4.78, 5) is 4.07. The van der Waals surface area contributed by atoms with Gasteiger partial charge in [-0.25, -0.2) is 4.98 Å². The number of nitrogens with one attached hydrogen (secondary N) is 1. The fraction of sp³-hybridized carbons (Fsp3) is 0.182. The molecule has 0 amide bonds. The molecule has 0 aliphatic carbocycles. The van der Waals surface area contributed by atoms with Gasteiger partial charge in [0.1, 0.15) is 12.4 Å². The Kier molecular flexibility index (Phi) is 2.68. The first-order valence-corrected chi connectivity index (χ1v) is 4.71. The Morgan fingerprint density at radius 2 is 1.81 bits per heavy atom. The standard InChI is InChI=1S/C11H9F3N2/c12-11(13,14)7-15-10-6-5-8-3-1-2-4-9(8)16-10/h1-6H,7H2,(H,15,16). The van der Waals surface area contributed by atoms with E-state index < -0.39 is 12.7 Å². The van der Waals surface area contributed by atoms with Crippen LogP contribution in [0.4, 0.5) is 19.0 Å². The second-order valence-corrected chi connectivity index (χ2v) is 3.36. The predicted octanol–water partition coefficient (Wildman–Crippen LogP) is 3.21. The molecule has 0 radical (unpaired) electrons. The second-order valence-electron chi connectivity index (χ2n) is 3.36. The van der Waals surface area contributed by atoms with Crippen LogP contribution < -0.4 is 5.32 Å². The third-order valence-corrected chi connectivity index (χ3v) is 2.07. The molecule has 2 nitrogen and oxygen atoms in total. The molecule has 0 saturated carbocycles. The largest absolute Gasteiger partial charge is 0.405 e. The van der Waals surface area contributed by atoms with Crippen LogP contribution in [0.5, 0.6) is 0 Å². The van der Waals surface area contributed by atoms with Gasteiger partial charge in [-0.3, -0.25) is 0 Å². The lowest BCUT2D eigenvalue weighted by Gasteiger charge is -2.09. The molecule has 16 heavy (non-hydrogen) atoms. The normalized spacial score (nSPS) is 11.7. The monoisotopic (exact) mass is 226 g/mol. The molecule has 5 heteroatoms. The van der Waals surface area contributed by atoms with Gasteiger partial charge in [-0.05, 0) is 18.2 Å². The van der Waals surface area contributed by atoms with Crippen LogP contribution in [0.1, 0.15) is 0 Å². The molecule has 2 rings (SSSR count). The highest BCUT2D eigenvalue weighted by Crippen LogP contribution is 2.18. The number of pyridine rings is 1. The molecule has 84 valence electrons. The number of halogens is 3. The van der Waals surface area contributed by atoms with Crippen molar-refractivity contribution in [2.45, 2.75) is 6.18 Å². The van der Waals surface area contributed by atoms with Gasteiger partial charge < -0.3 is 5.32 Å². The molecule has 0 spiro atoms. The Labute approximate surface area is 90.1 Å². The SMILES string of the molecule is FC(F)(F)CNc1ccc2ccccc2n1. The lowest BCUT2D eigenvalue weighted by molar-refractivity contribution is -0.115. The van der Waals surface area contributed by atoms with Crippen molar-refractivity contribution in [2.24, 2.45) is 0 Å². The van der Waals surface area contributed by atoms with Gasteiger partial charge in [0.2, 0.25) is 0 Å². The Hall–Kier alpha value is -1.78. The maximum absolute atomic E-state index is 12.0. The number of anilines is 1. The van der Waals surface area contributed by atoms with Crippen molar-refractivity contribution < 1.29 is 13.2 Å². The van der Waals surface area contributed by atoms with Crippen molar-refractivity contribution in [1.29, 1.82) is 0 Å². The highest BCUT2D eigenvalue weighted by molar-refractivity contribution is 5.79. The number of nitrogens with zero attached hydrogens (tertiary/aromatic N) is 1. The molecule has 0 unspecified atom stereocenters. The summed E-state index contributed by atoms with van der Waals surface area (Å²) in [6, 6.07) is 10.5. The van der Waals surface area contributed by atoms with Crippen LogP contribution in [0.15, 0.2) is 36.4 Å². The number of rotatable bonds is 2. The molecule has 1 heterocycles. The van der Waals surface area contributed by atoms with Gasteiger partial charge >= 0.3 is 6.18 Å². The Bertz CT molecular complexity index is 494. The van der Waals surface area contributed by atoms with Gasteiger partial charge in [0.05, 0.1) is 5.52 Å². The van der Waals surface area contributed by atoms with Gasteiger partial charge in [0.25, 0.3) is 0 Å². The Morgan fingerprint density at radius 1 is 1.06 bits per heavy atom. The molecule has 0 atom stereocenters. The number of para-hydroxylation sites is 1. The fourth-order valence-corrected chi connectivity index (χ4v) is 1.36. The number of hydrogen-bond donors (Lipinski definition) is 1. The molecule has 1 aromatic carbocycles. The quantitative estimate of drug-likeness (QED) is 0.850. The van der Waals surface area contributed by atoms with E-state index >= 15 is 0 Å².